The molecule has 1 N–H and O–H groups in total. The zero-order chi connectivity index (χ0) is 15.7. The highest BCUT2D eigenvalue weighted by molar-refractivity contribution is 6.30. The van der Waals surface area contributed by atoms with Crippen LogP contribution in [0.1, 0.15) is 18.5 Å². The molecule has 0 bridgehead atoms. The van der Waals surface area contributed by atoms with Gasteiger partial charge in [-0.25, -0.2) is 4.68 Å². The van der Waals surface area contributed by atoms with Crippen LogP contribution in [0.5, 0.6) is 0 Å². The summed E-state index contributed by atoms with van der Waals surface area (Å²) in [6, 6.07) is 6.91. The number of halogens is 1. The maximum absolute atomic E-state index is 12.4. The van der Waals surface area contributed by atoms with Gasteiger partial charge in [0.1, 0.15) is 12.2 Å². The lowest BCUT2D eigenvalue weighted by atomic mass is 9.89. The minimum atomic E-state index is -0.588. The van der Waals surface area contributed by atoms with Gasteiger partial charge in [-0.3, -0.25) is 4.79 Å². The first-order valence-corrected chi connectivity index (χ1v) is 7.27. The van der Waals surface area contributed by atoms with Crippen molar-refractivity contribution >= 4 is 23.5 Å². The van der Waals surface area contributed by atoms with E-state index in [9.17, 15) is 4.79 Å². The lowest BCUT2D eigenvalue weighted by Crippen LogP contribution is -2.37. The molecule has 22 heavy (non-hydrogen) atoms. The molecule has 0 aliphatic carbocycles. The monoisotopic (exact) mass is 318 g/mol. The van der Waals surface area contributed by atoms with Crippen molar-refractivity contribution in [2.45, 2.75) is 13.0 Å². The molecule has 114 valence electrons. The Balaban J connectivity index is 2.09. The molecule has 0 fully saturated rings. The minimum Gasteiger partial charge on any atom is -0.465 e. The number of fused-ring (bicyclic) bond motifs is 1. The van der Waals surface area contributed by atoms with Gasteiger partial charge in [0.2, 0.25) is 5.95 Å². The quantitative estimate of drug-likeness (QED) is 0.881. The lowest BCUT2D eigenvalue weighted by molar-refractivity contribution is -0.147. The molecule has 2 aromatic rings. The fourth-order valence-electron chi connectivity index (χ4n) is 2.59. The summed E-state index contributed by atoms with van der Waals surface area (Å²) in [5, 5.41) is 7.86. The van der Waals surface area contributed by atoms with Crippen molar-refractivity contribution in [1.82, 2.24) is 14.8 Å². The topological polar surface area (TPSA) is 69.0 Å². The second kappa shape index (κ2) is 5.81. The van der Waals surface area contributed by atoms with Crippen LogP contribution >= 0.6 is 11.6 Å². The van der Waals surface area contributed by atoms with Crippen molar-refractivity contribution in [3.63, 3.8) is 0 Å². The molecule has 0 amide bonds. The normalized spacial score (nSPS) is 20.2. The third-order valence-electron chi connectivity index (χ3n) is 3.55. The summed E-state index contributed by atoms with van der Waals surface area (Å²) in [6.07, 6.45) is 1.44. The van der Waals surface area contributed by atoms with Crippen LogP contribution in [0.25, 0.3) is 0 Å². The summed E-state index contributed by atoms with van der Waals surface area (Å²) in [7, 11) is 0. The van der Waals surface area contributed by atoms with Crippen molar-refractivity contribution < 1.29 is 9.53 Å². The van der Waals surface area contributed by atoms with E-state index in [-0.39, 0.29) is 12.0 Å². The molecule has 1 aromatic carbocycles. The number of ether oxygens (including phenoxy) is 1. The Kier molecular flexibility index (Phi) is 3.85. The van der Waals surface area contributed by atoms with Crippen molar-refractivity contribution in [1.29, 1.82) is 0 Å². The molecule has 0 radical (unpaired) electrons. The van der Waals surface area contributed by atoms with E-state index in [4.69, 9.17) is 16.3 Å². The summed E-state index contributed by atoms with van der Waals surface area (Å²) < 4.78 is 6.86. The number of carbonyl (C=O) groups excluding carboxylic acids is 1. The average molecular weight is 319 g/mol. The molecule has 2 atom stereocenters. The lowest BCUT2D eigenvalue weighted by Gasteiger charge is -2.33. The second-order valence-corrected chi connectivity index (χ2v) is 5.34. The van der Waals surface area contributed by atoms with Gasteiger partial charge in [0.05, 0.1) is 12.6 Å². The van der Waals surface area contributed by atoms with Crippen LogP contribution in [0.15, 0.2) is 42.9 Å². The van der Waals surface area contributed by atoms with Crippen LogP contribution in [-0.4, -0.2) is 27.3 Å². The van der Waals surface area contributed by atoms with Crippen LogP contribution in [0, 0.1) is 5.92 Å². The van der Waals surface area contributed by atoms with E-state index in [0.29, 0.717) is 23.3 Å². The molecule has 1 aliphatic heterocycles. The average Bonchev–Trinajstić information content (AvgIpc) is 2.94. The Bertz CT molecular complexity index is 711. The summed E-state index contributed by atoms with van der Waals surface area (Å²) in [5.41, 5.74) is 1.43. The third-order valence-corrected chi connectivity index (χ3v) is 3.80. The Morgan fingerprint density at radius 3 is 2.86 bits per heavy atom. The van der Waals surface area contributed by atoms with E-state index >= 15 is 0 Å². The number of rotatable bonds is 3. The zero-order valence-corrected chi connectivity index (χ0v) is 12.7. The van der Waals surface area contributed by atoms with E-state index in [0.717, 1.165) is 5.56 Å². The van der Waals surface area contributed by atoms with Crippen LogP contribution in [0.2, 0.25) is 5.02 Å². The first-order chi connectivity index (χ1) is 10.6. The molecule has 1 aromatic heterocycles. The molecule has 0 spiro atoms. The number of nitrogens with one attached hydrogen (secondary N) is 1. The molecule has 6 nitrogen and oxygen atoms in total. The number of anilines is 1. The van der Waals surface area contributed by atoms with Crippen molar-refractivity contribution in [2.24, 2.45) is 5.92 Å². The Morgan fingerprint density at radius 1 is 1.45 bits per heavy atom. The molecular formula is C15H15ClN4O2. The SMILES string of the molecule is C=C1Nc2ncnn2C(c2ccc(Cl)cc2)C1C(=O)OCC. The van der Waals surface area contributed by atoms with Gasteiger partial charge in [-0.05, 0) is 24.6 Å². The van der Waals surface area contributed by atoms with Crippen LogP contribution in [-0.2, 0) is 9.53 Å². The fourth-order valence-corrected chi connectivity index (χ4v) is 2.72. The minimum absolute atomic E-state index is 0.306. The predicted octanol–water partition coefficient (Wildman–Crippen LogP) is 2.64. The van der Waals surface area contributed by atoms with Gasteiger partial charge < -0.3 is 10.1 Å². The van der Waals surface area contributed by atoms with E-state index in [1.165, 1.54) is 6.33 Å². The van der Waals surface area contributed by atoms with E-state index < -0.39 is 5.92 Å². The summed E-state index contributed by atoms with van der Waals surface area (Å²) in [6.45, 7) is 6.03. The van der Waals surface area contributed by atoms with Crippen molar-refractivity contribution in [3.05, 3.63) is 53.5 Å². The molecular weight excluding hydrogens is 304 g/mol. The van der Waals surface area contributed by atoms with Crippen LogP contribution in [0.3, 0.4) is 0 Å². The molecule has 0 saturated heterocycles. The number of hydrogen-bond donors (Lipinski definition) is 1. The largest absolute Gasteiger partial charge is 0.465 e. The number of aromatic nitrogens is 3. The van der Waals surface area contributed by atoms with Gasteiger partial charge in [-0.1, -0.05) is 30.3 Å². The van der Waals surface area contributed by atoms with Crippen molar-refractivity contribution in [3.8, 4) is 0 Å². The van der Waals surface area contributed by atoms with Gasteiger partial charge in [0.15, 0.2) is 0 Å². The number of esters is 1. The highest BCUT2D eigenvalue weighted by atomic mass is 35.5. The molecule has 1 aliphatic rings. The number of carbonyl (C=O) groups is 1. The van der Waals surface area contributed by atoms with Gasteiger partial charge >= 0.3 is 5.97 Å². The van der Waals surface area contributed by atoms with Gasteiger partial charge in [0, 0.05) is 10.7 Å². The summed E-state index contributed by atoms with van der Waals surface area (Å²) >= 11 is 5.95. The Morgan fingerprint density at radius 2 is 2.18 bits per heavy atom. The summed E-state index contributed by atoms with van der Waals surface area (Å²) in [4.78, 5) is 16.5. The Hall–Kier alpha value is -2.34. The second-order valence-electron chi connectivity index (χ2n) is 4.90. The van der Waals surface area contributed by atoms with Gasteiger partial charge in [-0.15, -0.1) is 0 Å². The highest BCUT2D eigenvalue weighted by Gasteiger charge is 2.40. The van der Waals surface area contributed by atoms with Gasteiger partial charge in [-0.2, -0.15) is 10.1 Å². The van der Waals surface area contributed by atoms with Crippen LogP contribution < -0.4 is 5.32 Å². The van der Waals surface area contributed by atoms with E-state index in [1.807, 2.05) is 12.1 Å². The smallest absolute Gasteiger partial charge is 0.317 e. The van der Waals surface area contributed by atoms with E-state index in [1.54, 1.807) is 23.7 Å². The zero-order valence-electron chi connectivity index (χ0n) is 12.0. The predicted molar refractivity (Wildman–Crippen MR) is 82.5 cm³/mol. The highest BCUT2D eigenvalue weighted by Crippen LogP contribution is 2.37. The molecule has 2 heterocycles. The number of nitrogens with zero attached hydrogens (tertiary/aromatic N) is 3. The van der Waals surface area contributed by atoms with Crippen molar-refractivity contribution in [2.75, 3.05) is 11.9 Å². The van der Waals surface area contributed by atoms with Gasteiger partial charge in [0.25, 0.3) is 0 Å². The first kappa shape index (κ1) is 14.6. The Labute approximate surface area is 132 Å². The maximum atomic E-state index is 12.4. The first-order valence-electron chi connectivity index (χ1n) is 6.89. The summed E-state index contributed by atoms with van der Waals surface area (Å²) in [5.74, 6) is -0.387. The molecule has 2 unspecified atom stereocenters. The molecule has 7 heteroatoms. The maximum Gasteiger partial charge on any atom is 0.317 e. The van der Waals surface area contributed by atoms with Crippen LogP contribution in [0.4, 0.5) is 5.95 Å². The molecule has 0 saturated carbocycles. The fraction of sp³-hybridized carbons (Fsp3) is 0.267. The standard InChI is InChI=1S/C15H15ClN4O2/c1-3-22-14(21)12-9(2)19-15-17-8-18-20(15)13(12)10-4-6-11(16)7-5-10/h4-8,12-13H,2-3H2,1H3,(H,17,18,19). The number of benzene rings is 1. The third kappa shape index (κ3) is 2.46. The van der Waals surface area contributed by atoms with E-state index in [2.05, 4.69) is 22.0 Å². The number of hydrogen-bond acceptors (Lipinski definition) is 5. The molecule has 3 rings (SSSR count).